The van der Waals surface area contributed by atoms with Crippen LogP contribution in [-0.4, -0.2) is 32.2 Å². The van der Waals surface area contributed by atoms with Gasteiger partial charge in [0.2, 0.25) is 5.91 Å². The van der Waals surface area contributed by atoms with E-state index in [2.05, 4.69) is 20.9 Å². The van der Waals surface area contributed by atoms with Crippen molar-refractivity contribution in [3.63, 3.8) is 0 Å². The number of aryl methyl sites for hydroxylation is 2. The Bertz CT molecular complexity index is 1150. The number of nitrogens with zero attached hydrogens (tertiary/aromatic N) is 3. The minimum absolute atomic E-state index is 0.451. The fourth-order valence-electron chi connectivity index (χ4n) is 3.12. The SMILES string of the molecule is Cc1nc(Br)ccc1-n1c(=O)n(CC(=O)N[C@H](C)C(F)(F)F)c2cccc(C)c21. The summed E-state index contributed by atoms with van der Waals surface area (Å²) in [6, 6.07) is 6.59. The van der Waals surface area contributed by atoms with Crippen LogP contribution in [-0.2, 0) is 11.3 Å². The Kier molecular flexibility index (Phi) is 5.57. The van der Waals surface area contributed by atoms with Crippen molar-refractivity contribution in [3.8, 4) is 5.69 Å². The summed E-state index contributed by atoms with van der Waals surface area (Å²) in [6.07, 6.45) is -4.56. The zero-order valence-electron chi connectivity index (χ0n) is 15.8. The standard InChI is InChI=1S/C19H18BrF3N4O2/c1-10-5-4-6-14-17(10)27(13-7-8-15(20)24-11(13)2)18(29)26(14)9-16(28)25-12(3)19(21,22)23/h4-8,12H,9H2,1-3H3,(H,25,28)/t12-/m1/s1. The highest BCUT2D eigenvalue weighted by molar-refractivity contribution is 9.10. The zero-order valence-corrected chi connectivity index (χ0v) is 17.4. The van der Waals surface area contributed by atoms with Crippen LogP contribution in [0.4, 0.5) is 13.2 Å². The summed E-state index contributed by atoms with van der Waals surface area (Å²) in [5, 5.41) is 1.89. The summed E-state index contributed by atoms with van der Waals surface area (Å²) in [5.74, 6) is -0.900. The van der Waals surface area contributed by atoms with E-state index in [4.69, 9.17) is 0 Å². The first-order valence-electron chi connectivity index (χ1n) is 8.71. The number of nitrogens with one attached hydrogen (secondary N) is 1. The van der Waals surface area contributed by atoms with Gasteiger partial charge in [0.05, 0.1) is 22.4 Å². The quantitative estimate of drug-likeness (QED) is 0.591. The van der Waals surface area contributed by atoms with Gasteiger partial charge in [-0.15, -0.1) is 0 Å². The minimum Gasteiger partial charge on any atom is -0.343 e. The first-order valence-corrected chi connectivity index (χ1v) is 9.50. The molecule has 0 saturated carbocycles. The molecule has 6 nitrogen and oxygen atoms in total. The smallest absolute Gasteiger partial charge is 0.343 e. The molecule has 0 unspecified atom stereocenters. The van der Waals surface area contributed by atoms with Gasteiger partial charge >= 0.3 is 11.9 Å². The number of para-hydroxylation sites is 1. The van der Waals surface area contributed by atoms with Crippen molar-refractivity contribution in [3.05, 3.63) is 56.7 Å². The molecule has 154 valence electrons. The van der Waals surface area contributed by atoms with Gasteiger partial charge in [0.1, 0.15) is 17.2 Å². The molecule has 3 aromatic rings. The Labute approximate surface area is 172 Å². The first kappa shape index (κ1) is 21.1. The summed E-state index contributed by atoms with van der Waals surface area (Å²) in [6.45, 7) is 3.88. The fourth-order valence-corrected chi connectivity index (χ4v) is 3.52. The van der Waals surface area contributed by atoms with Crippen molar-refractivity contribution in [2.45, 2.75) is 39.5 Å². The van der Waals surface area contributed by atoms with Crippen LogP contribution in [0.25, 0.3) is 16.7 Å². The fraction of sp³-hybridized carbons (Fsp3) is 0.316. The maximum absolute atomic E-state index is 13.2. The number of benzene rings is 1. The highest BCUT2D eigenvalue weighted by Crippen LogP contribution is 2.24. The number of carbonyl (C=O) groups is 1. The molecule has 0 aliphatic rings. The Morgan fingerprint density at radius 2 is 1.93 bits per heavy atom. The van der Waals surface area contributed by atoms with Crippen molar-refractivity contribution in [1.29, 1.82) is 0 Å². The van der Waals surface area contributed by atoms with Gasteiger partial charge in [0.25, 0.3) is 0 Å². The second-order valence-electron chi connectivity index (χ2n) is 6.72. The normalized spacial score (nSPS) is 12.9. The van der Waals surface area contributed by atoms with Crippen LogP contribution in [0.3, 0.4) is 0 Å². The van der Waals surface area contributed by atoms with Gasteiger partial charge in [-0.25, -0.2) is 9.78 Å². The largest absolute Gasteiger partial charge is 0.408 e. The molecule has 0 fully saturated rings. The number of rotatable bonds is 4. The molecule has 2 heterocycles. The number of pyridine rings is 1. The van der Waals surface area contributed by atoms with Gasteiger partial charge in [0, 0.05) is 0 Å². The Morgan fingerprint density at radius 3 is 2.55 bits per heavy atom. The number of hydrogen-bond acceptors (Lipinski definition) is 3. The lowest BCUT2D eigenvalue weighted by molar-refractivity contribution is -0.158. The van der Waals surface area contributed by atoms with Crippen molar-refractivity contribution in [2.75, 3.05) is 0 Å². The van der Waals surface area contributed by atoms with E-state index in [1.807, 2.05) is 18.3 Å². The number of fused-ring (bicyclic) bond motifs is 1. The van der Waals surface area contributed by atoms with Crippen LogP contribution >= 0.6 is 15.9 Å². The average Bonchev–Trinajstić information content (AvgIpc) is 2.88. The summed E-state index contributed by atoms with van der Waals surface area (Å²) in [5.41, 5.74) is 2.38. The predicted octanol–water partition coefficient (Wildman–Crippen LogP) is 3.63. The van der Waals surface area contributed by atoms with Crippen LogP contribution in [0.15, 0.2) is 39.7 Å². The second-order valence-corrected chi connectivity index (χ2v) is 7.53. The van der Waals surface area contributed by atoms with Gasteiger partial charge in [-0.3, -0.25) is 13.9 Å². The maximum atomic E-state index is 13.2. The Hall–Kier alpha value is -2.62. The van der Waals surface area contributed by atoms with Crippen LogP contribution < -0.4 is 11.0 Å². The number of imidazole rings is 1. The first-order chi connectivity index (χ1) is 13.5. The van der Waals surface area contributed by atoms with E-state index in [9.17, 15) is 22.8 Å². The topological polar surface area (TPSA) is 68.9 Å². The summed E-state index contributed by atoms with van der Waals surface area (Å²) >= 11 is 3.28. The number of hydrogen-bond donors (Lipinski definition) is 1. The number of aromatic nitrogens is 3. The molecule has 0 spiro atoms. The summed E-state index contributed by atoms with van der Waals surface area (Å²) in [7, 11) is 0. The van der Waals surface area contributed by atoms with Gasteiger partial charge in [-0.1, -0.05) is 12.1 Å². The van der Waals surface area contributed by atoms with Crippen molar-refractivity contribution in [1.82, 2.24) is 19.4 Å². The lowest BCUT2D eigenvalue weighted by Gasteiger charge is -2.17. The molecule has 0 radical (unpaired) electrons. The maximum Gasteiger partial charge on any atom is 0.408 e. The van der Waals surface area contributed by atoms with E-state index in [1.54, 1.807) is 31.2 Å². The Morgan fingerprint density at radius 1 is 1.24 bits per heavy atom. The van der Waals surface area contributed by atoms with Crippen LogP contribution in [0, 0.1) is 13.8 Å². The molecule has 0 aliphatic heterocycles. The predicted molar refractivity (Wildman–Crippen MR) is 106 cm³/mol. The third-order valence-electron chi connectivity index (χ3n) is 4.59. The Balaban J connectivity index is 2.13. The molecular weight excluding hydrogens is 453 g/mol. The number of halogens is 4. The van der Waals surface area contributed by atoms with Gasteiger partial charge in [-0.05, 0) is 60.5 Å². The molecule has 0 bridgehead atoms. The molecule has 29 heavy (non-hydrogen) atoms. The number of carbonyl (C=O) groups excluding carboxylic acids is 1. The summed E-state index contributed by atoms with van der Waals surface area (Å²) in [4.78, 5) is 29.7. The van der Waals surface area contributed by atoms with E-state index < -0.39 is 30.4 Å². The molecule has 1 atom stereocenters. The highest BCUT2D eigenvalue weighted by atomic mass is 79.9. The molecule has 1 N–H and O–H groups in total. The van der Waals surface area contributed by atoms with Crippen LogP contribution in [0.1, 0.15) is 18.2 Å². The molecule has 0 aliphatic carbocycles. The molecule has 3 rings (SSSR count). The molecule has 2 aromatic heterocycles. The number of amides is 1. The summed E-state index contributed by atoms with van der Waals surface area (Å²) < 4.78 is 41.4. The van der Waals surface area contributed by atoms with Crippen molar-refractivity contribution < 1.29 is 18.0 Å². The van der Waals surface area contributed by atoms with Gasteiger partial charge in [-0.2, -0.15) is 13.2 Å². The van der Waals surface area contributed by atoms with Gasteiger partial charge < -0.3 is 5.32 Å². The van der Waals surface area contributed by atoms with E-state index >= 15 is 0 Å². The van der Waals surface area contributed by atoms with E-state index in [0.717, 1.165) is 12.5 Å². The lowest BCUT2D eigenvalue weighted by atomic mass is 10.2. The van der Waals surface area contributed by atoms with Gasteiger partial charge in [0.15, 0.2) is 0 Å². The molecular formula is C19H18BrF3N4O2. The van der Waals surface area contributed by atoms with E-state index in [-0.39, 0.29) is 0 Å². The van der Waals surface area contributed by atoms with Crippen molar-refractivity contribution >= 4 is 32.9 Å². The second kappa shape index (κ2) is 7.66. The van der Waals surface area contributed by atoms with E-state index in [1.165, 1.54) is 9.13 Å². The lowest BCUT2D eigenvalue weighted by Crippen LogP contribution is -2.45. The zero-order chi connectivity index (χ0) is 21.5. The van der Waals surface area contributed by atoms with Crippen LogP contribution in [0.5, 0.6) is 0 Å². The molecule has 0 saturated heterocycles. The minimum atomic E-state index is -4.56. The third-order valence-corrected chi connectivity index (χ3v) is 5.03. The van der Waals surface area contributed by atoms with Crippen molar-refractivity contribution in [2.24, 2.45) is 0 Å². The number of alkyl halides is 3. The molecule has 1 aromatic carbocycles. The van der Waals surface area contributed by atoms with E-state index in [0.29, 0.717) is 27.0 Å². The highest BCUT2D eigenvalue weighted by Gasteiger charge is 2.37. The molecule has 1 amide bonds. The van der Waals surface area contributed by atoms with Crippen LogP contribution in [0.2, 0.25) is 0 Å². The monoisotopic (exact) mass is 470 g/mol. The average molecular weight is 471 g/mol. The third kappa shape index (κ3) is 4.07. The molecule has 10 heteroatoms.